The summed E-state index contributed by atoms with van der Waals surface area (Å²) in [4.78, 5) is 17.5. The first-order chi connectivity index (χ1) is 8.15. The van der Waals surface area contributed by atoms with Crippen molar-refractivity contribution < 1.29 is 4.74 Å². The minimum atomic E-state index is -0.366. The maximum absolute atomic E-state index is 11.2. The van der Waals surface area contributed by atoms with Crippen LogP contribution >= 0.6 is 11.6 Å². The molecule has 1 atom stereocenters. The molecule has 1 heterocycles. The number of H-pyrrole nitrogens is 1. The van der Waals surface area contributed by atoms with E-state index >= 15 is 0 Å². The van der Waals surface area contributed by atoms with Crippen molar-refractivity contribution >= 4 is 11.6 Å². The number of ether oxygens (including phenoxy) is 1. The van der Waals surface area contributed by atoms with Gasteiger partial charge in [-0.05, 0) is 19.8 Å². The Kier molecular flexibility index (Phi) is 6.05. The second-order valence-electron chi connectivity index (χ2n) is 4.13. The Labute approximate surface area is 106 Å². The van der Waals surface area contributed by atoms with Crippen LogP contribution < -0.4 is 10.3 Å². The van der Waals surface area contributed by atoms with Crippen molar-refractivity contribution in [2.45, 2.75) is 52.1 Å². The molecular formula is C12H19ClN2O2. The summed E-state index contributed by atoms with van der Waals surface area (Å²) in [5, 5.41) is 0.0212. The van der Waals surface area contributed by atoms with Crippen molar-refractivity contribution in [3.63, 3.8) is 0 Å². The molecule has 5 heteroatoms. The first kappa shape index (κ1) is 14.0. The van der Waals surface area contributed by atoms with Crippen LogP contribution in [-0.4, -0.2) is 16.1 Å². The monoisotopic (exact) mass is 258 g/mol. The Hall–Kier alpha value is -1.03. The minimum absolute atomic E-state index is 0.0212. The van der Waals surface area contributed by atoms with Crippen LogP contribution in [0.25, 0.3) is 0 Å². The maximum atomic E-state index is 11.2. The average molecular weight is 259 g/mol. The number of halogens is 1. The highest BCUT2D eigenvalue weighted by atomic mass is 35.5. The molecule has 0 radical (unpaired) electrons. The molecule has 17 heavy (non-hydrogen) atoms. The van der Waals surface area contributed by atoms with Gasteiger partial charge in [-0.15, -0.1) is 0 Å². The van der Waals surface area contributed by atoms with E-state index in [-0.39, 0.29) is 22.6 Å². The molecule has 0 bridgehead atoms. The number of aromatic amines is 1. The van der Waals surface area contributed by atoms with Crippen LogP contribution in [0.1, 0.15) is 46.0 Å². The number of aromatic nitrogens is 2. The Bertz CT molecular complexity index is 392. The summed E-state index contributed by atoms with van der Waals surface area (Å²) in [6.07, 6.45) is 7.07. The van der Waals surface area contributed by atoms with E-state index in [1.165, 1.54) is 25.6 Å². The van der Waals surface area contributed by atoms with E-state index in [0.29, 0.717) is 0 Å². The molecule has 96 valence electrons. The van der Waals surface area contributed by atoms with E-state index in [0.717, 1.165) is 12.8 Å². The molecule has 0 saturated heterocycles. The highest BCUT2D eigenvalue weighted by Crippen LogP contribution is 2.18. The van der Waals surface area contributed by atoms with Gasteiger partial charge < -0.3 is 9.72 Å². The van der Waals surface area contributed by atoms with Crippen molar-refractivity contribution in [1.82, 2.24) is 9.97 Å². The van der Waals surface area contributed by atoms with E-state index < -0.39 is 0 Å². The van der Waals surface area contributed by atoms with Gasteiger partial charge in [0, 0.05) is 0 Å². The predicted molar refractivity (Wildman–Crippen MR) is 68.7 cm³/mol. The highest BCUT2D eigenvalue weighted by Gasteiger charge is 2.10. The fourth-order valence-electron chi connectivity index (χ4n) is 1.56. The highest BCUT2D eigenvalue weighted by molar-refractivity contribution is 6.31. The number of nitrogens with one attached hydrogen (secondary N) is 1. The topological polar surface area (TPSA) is 55.0 Å². The summed E-state index contributed by atoms with van der Waals surface area (Å²) in [6, 6.07) is 0. The van der Waals surface area contributed by atoms with Crippen molar-refractivity contribution in [1.29, 1.82) is 0 Å². The maximum Gasteiger partial charge on any atom is 0.273 e. The fourth-order valence-corrected chi connectivity index (χ4v) is 1.70. The predicted octanol–water partition coefficient (Wildman–Crippen LogP) is 3.16. The van der Waals surface area contributed by atoms with Gasteiger partial charge in [0.1, 0.15) is 0 Å². The molecule has 1 aromatic rings. The average Bonchev–Trinajstić information content (AvgIpc) is 2.31. The number of nitrogens with zero attached hydrogens (tertiary/aromatic N) is 1. The Morgan fingerprint density at radius 2 is 2.24 bits per heavy atom. The largest absolute Gasteiger partial charge is 0.473 e. The third-order valence-electron chi connectivity index (χ3n) is 2.54. The standard InChI is InChI=1S/C12H19ClN2O2/c1-3-4-5-6-7-9(2)17-12-10(13)11(16)14-8-15-12/h8-9H,3-7H2,1-2H3,(H,14,15,16). The smallest absolute Gasteiger partial charge is 0.273 e. The molecule has 0 amide bonds. The summed E-state index contributed by atoms with van der Waals surface area (Å²) in [7, 11) is 0. The Morgan fingerprint density at radius 1 is 1.47 bits per heavy atom. The van der Waals surface area contributed by atoms with Crippen LogP contribution in [0.3, 0.4) is 0 Å². The number of unbranched alkanes of at least 4 members (excludes halogenated alkanes) is 3. The van der Waals surface area contributed by atoms with E-state index in [2.05, 4.69) is 16.9 Å². The molecule has 1 rings (SSSR count). The van der Waals surface area contributed by atoms with Crippen molar-refractivity contribution in [2.75, 3.05) is 0 Å². The summed E-state index contributed by atoms with van der Waals surface area (Å²) < 4.78 is 5.54. The first-order valence-corrected chi connectivity index (χ1v) is 6.42. The molecule has 0 fully saturated rings. The van der Waals surface area contributed by atoms with Crippen molar-refractivity contribution in [3.8, 4) is 5.88 Å². The lowest BCUT2D eigenvalue weighted by Gasteiger charge is -2.13. The van der Waals surface area contributed by atoms with Gasteiger partial charge in [0.05, 0.1) is 12.4 Å². The summed E-state index contributed by atoms with van der Waals surface area (Å²) >= 11 is 5.79. The Morgan fingerprint density at radius 3 is 2.94 bits per heavy atom. The van der Waals surface area contributed by atoms with Gasteiger partial charge in [0.15, 0.2) is 5.02 Å². The number of hydrogen-bond acceptors (Lipinski definition) is 3. The molecule has 1 N–H and O–H groups in total. The van der Waals surface area contributed by atoms with E-state index in [4.69, 9.17) is 16.3 Å². The summed E-state index contributed by atoms with van der Waals surface area (Å²) in [6.45, 7) is 4.14. The molecule has 0 saturated carbocycles. The molecular weight excluding hydrogens is 240 g/mol. The zero-order chi connectivity index (χ0) is 12.7. The fraction of sp³-hybridized carbons (Fsp3) is 0.667. The third kappa shape index (κ3) is 4.77. The molecule has 4 nitrogen and oxygen atoms in total. The molecule has 0 aliphatic rings. The molecule has 1 unspecified atom stereocenters. The van der Waals surface area contributed by atoms with Gasteiger partial charge in [0.2, 0.25) is 5.88 Å². The summed E-state index contributed by atoms with van der Waals surface area (Å²) in [5.41, 5.74) is -0.366. The lowest BCUT2D eigenvalue weighted by atomic mass is 10.1. The van der Waals surface area contributed by atoms with Gasteiger partial charge in [-0.3, -0.25) is 4.79 Å². The van der Waals surface area contributed by atoms with Gasteiger partial charge in [-0.1, -0.05) is 37.8 Å². The van der Waals surface area contributed by atoms with Crippen LogP contribution in [0, 0.1) is 0 Å². The van der Waals surface area contributed by atoms with Crippen molar-refractivity contribution in [3.05, 3.63) is 21.7 Å². The minimum Gasteiger partial charge on any atom is -0.473 e. The van der Waals surface area contributed by atoms with Crippen LogP contribution in [-0.2, 0) is 0 Å². The van der Waals surface area contributed by atoms with E-state index in [1.807, 2.05) is 6.92 Å². The zero-order valence-electron chi connectivity index (χ0n) is 10.3. The van der Waals surface area contributed by atoms with Crippen LogP contribution in [0.4, 0.5) is 0 Å². The summed E-state index contributed by atoms with van der Waals surface area (Å²) in [5.74, 6) is 0.221. The van der Waals surface area contributed by atoms with E-state index in [9.17, 15) is 4.79 Å². The van der Waals surface area contributed by atoms with Crippen LogP contribution in [0.2, 0.25) is 5.02 Å². The molecule has 0 aliphatic carbocycles. The van der Waals surface area contributed by atoms with E-state index in [1.54, 1.807) is 0 Å². The number of rotatable bonds is 7. The second-order valence-corrected chi connectivity index (χ2v) is 4.51. The molecule has 1 aromatic heterocycles. The molecule has 0 aromatic carbocycles. The third-order valence-corrected chi connectivity index (χ3v) is 2.87. The Balaban J connectivity index is 2.42. The normalized spacial score (nSPS) is 12.4. The SMILES string of the molecule is CCCCCCC(C)Oc1nc[nH]c(=O)c1Cl. The van der Waals surface area contributed by atoms with Gasteiger partial charge in [-0.25, -0.2) is 4.98 Å². The quantitative estimate of drug-likeness (QED) is 0.765. The first-order valence-electron chi connectivity index (χ1n) is 6.05. The lowest BCUT2D eigenvalue weighted by Crippen LogP contribution is -2.16. The number of hydrogen-bond donors (Lipinski definition) is 1. The van der Waals surface area contributed by atoms with Crippen molar-refractivity contribution in [2.24, 2.45) is 0 Å². The molecule has 0 aliphatic heterocycles. The van der Waals surface area contributed by atoms with Gasteiger partial charge in [-0.2, -0.15) is 0 Å². The second kappa shape index (κ2) is 7.33. The van der Waals surface area contributed by atoms with Gasteiger partial charge in [0.25, 0.3) is 5.56 Å². The van der Waals surface area contributed by atoms with Crippen LogP contribution in [0.15, 0.2) is 11.1 Å². The van der Waals surface area contributed by atoms with Gasteiger partial charge >= 0.3 is 0 Å². The van der Waals surface area contributed by atoms with Crippen LogP contribution in [0.5, 0.6) is 5.88 Å². The zero-order valence-corrected chi connectivity index (χ0v) is 11.1. The lowest BCUT2D eigenvalue weighted by molar-refractivity contribution is 0.198. The molecule has 0 spiro atoms.